The second kappa shape index (κ2) is 14.2. The van der Waals surface area contributed by atoms with Gasteiger partial charge in [0.15, 0.2) is 0 Å². The number of amides is 3. The first-order valence-corrected chi connectivity index (χ1v) is 14.3. The lowest BCUT2D eigenvalue weighted by Gasteiger charge is -2.45. The van der Waals surface area contributed by atoms with Crippen molar-refractivity contribution in [3.05, 3.63) is 59.7 Å². The summed E-state index contributed by atoms with van der Waals surface area (Å²) in [7, 11) is 0. The van der Waals surface area contributed by atoms with Crippen molar-refractivity contribution < 1.29 is 29.3 Å². The smallest absolute Gasteiger partial charge is 0.408 e. The molecule has 0 aliphatic heterocycles. The van der Waals surface area contributed by atoms with Gasteiger partial charge in [-0.1, -0.05) is 44.5 Å². The molecule has 0 fully saturated rings. The number of alkyl carbamates (subject to hydrolysis) is 1. The summed E-state index contributed by atoms with van der Waals surface area (Å²) in [5.74, 6) is -0.821. The number of hydrogen-bond donors (Lipinski definition) is 4. The monoisotopic (exact) mass is 569 g/mol. The first-order valence-electron chi connectivity index (χ1n) is 14.3. The summed E-state index contributed by atoms with van der Waals surface area (Å²) in [5, 5.41) is 25.9. The number of hydrogen-bond acceptors (Lipinski definition) is 6. The van der Waals surface area contributed by atoms with Crippen LogP contribution in [0.3, 0.4) is 0 Å². The van der Waals surface area contributed by atoms with Gasteiger partial charge < -0.3 is 30.5 Å². The summed E-state index contributed by atoms with van der Waals surface area (Å²) < 4.78 is 5.48. The van der Waals surface area contributed by atoms with Crippen LogP contribution in [0, 0.1) is 0 Å². The Labute approximate surface area is 244 Å². The number of ether oxygens (including phenoxy) is 1. The fraction of sp³-hybridized carbons (Fsp3) is 0.531. The molecule has 0 bridgehead atoms. The largest absolute Gasteiger partial charge is 0.508 e. The fourth-order valence-corrected chi connectivity index (χ4v) is 4.57. The highest BCUT2D eigenvalue weighted by molar-refractivity contribution is 5.93. The first kappa shape index (κ1) is 33.5. The van der Waals surface area contributed by atoms with Crippen LogP contribution in [0.15, 0.2) is 48.5 Å². The third-order valence-corrected chi connectivity index (χ3v) is 6.92. The van der Waals surface area contributed by atoms with Crippen LogP contribution in [0.25, 0.3) is 0 Å². The highest BCUT2D eigenvalue weighted by Gasteiger charge is 2.43. The van der Waals surface area contributed by atoms with E-state index < -0.39 is 35.2 Å². The summed E-state index contributed by atoms with van der Waals surface area (Å²) in [4.78, 5) is 43.0. The number of nitrogens with one attached hydrogen (secondary N) is 2. The van der Waals surface area contributed by atoms with E-state index in [1.165, 1.54) is 29.2 Å². The van der Waals surface area contributed by atoms with Gasteiger partial charge in [0.1, 0.15) is 29.2 Å². The van der Waals surface area contributed by atoms with Crippen molar-refractivity contribution in [1.29, 1.82) is 0 Å². The van der Waals surface area contributed by atoms with Gasteiger partial charge in [-0.25, -0.2) is 4.79 Å². The maximum Gasteiger partial charge on any atom is 0.408 e. The maximum absolute atomic E-state index is 14.6. The average molecular weight is 570 g/mol. The summed E-state index contributed by atoms with van der Waals surface area (Å²) in [6.07, 6.45) is 1.46. The Kier molecular flexibility index (Phi) is 11.6. The molecule has 9 nitrogen and oxygen atoms in total. The number of phenolic OH excluding ortho intramolecular Hbond substituents is 2. The summed E-state index contributed by atoms with van der Waals surface area (Å²) in [6.45, 7) is 14.8. The van der Waals surface area contributed by atoms with Gasteiger partial charge in [-0.3, -0.25) is 9.59 Å². The van der Waals surface area contributed by atoms with Crippen LogP contribution in [-0.2, 0) is 20.7 Å². The summed E-state index contributed by atoms with van der Waals surface area (Å²) in [5.41, 5.74) is -0.484. The number of phenols is 2. The van der Waals surface area contributed by atoms with E-state index >= 15 is 0 Å². The number of carbonyl (C=O) groups is 3. The Bertz CT molecular complexity index is 1170. The number of benzene rings is 2. The van der Waals surface area contributed by atoms with Crippen LogP contribution in [-0.4, -0.2) is 56.2 Å². The number of aromatic hydroxyl groups is 2. The molecule has 2 aromatic carbocycles. The van der Waals surface area contributed by atoms with Crippen LogP contribution < -0.4 is 10.6 Å². The zero-order chi connectivity index (χ0) is 31.0. The number of rotatable bonds is 12. The van der Waals surface area contributed by atoms with E-state index in [1.807, 2.05) is 34.6 Å². The Balaban J connectivity index is 2.66. The Hall–Kier alpha value is -3.75. The lowest BCUT2D eigenvalue weighted by Crippen LogP contribution is -2.60. The SMILES string of the molecule is CCCC(C)NC(=O)C(c1cccc(O)c1)N(C(=O)C(Cc1ccc(O)cc1)NC(=O)OC(C)(C)C)C(C)(C)CC. The van der Waals surface area contributed by atoms with Crippen LogP contribution >= 0.6 is 0 Å². The van der Waals surface area contributed by atoms with E-state index in [0.717, 1.165) is 12.8 Å². The molecule has 9 heteroatoms. The zero-order valence-electron chi connectivity index (χ0n) is 25.7. The van der Waals surface area contributed by atoms with Crippen molar-refractivity contribution in [1.82, 2.24) is 15.5 Å². The summed E-state index contributed by atoms with van der Waals surface area (Å²) >= 11 is 0. The third kappa shape index (κ3) is 9.99. The summed E-state index contributed by atoms with van der Waals surface area (Å²) in [6, 6.07) is 10.4. The molecule has 0 aliphatic rings. The Morgan fingerprint density at radius 2 is 1.56 bits per heavy atom. The van der Waals surface area contributed by atoms with Crippen LogP contribution in [0.5, 0.6) is 11.5 Å². The fourth-order valence-electron chi connectivity index (χ4n) is 4.57. The van der Waals surface area contributed by atoms with Gasteiger partial charge in [0, 0.05) is 18.0 Å². The molecule has 0 spiro atoms. The molecule has 3 atom stereocenters. The van der Waals surface area contributed by atoms with Crippen molar-refractivity contribution in [2.75, 3.05) is 0 Å². The van der Waals surface area contributed by atoms with Crippen LogP contribution in [0.1, 0.15) is 91.8 Å². The van der Waals surface area contributed by atoms with E-state index in [2.05, 4.69) is 10.6 Å². The minimum absolute atomic E-state index is 0.0314. The standard InChI is InChI=1S/C32H47N3O6/c1-9-12-21(3)33-28(38)27(23-13-11-14-25(37)20-23)35(32(7,8)10-2)29(39)26(34-30(40)41-31(4,5)6)19-22-15-17-24(36)18-16-22/h11,13-18,20-21,26-27,36-37H,9-10,12,19H2,1-8H3,(H,33,38)(H,34,40). The van der Waals surface area contributed by atoms with Gasteiger partial charge in [-0.2, -0.15) is 0 Å². The third-order valence-electron chi connectivity index (χ3n) is 6.92. The average Bonchev–Trinajstić information content (AvgIpc) is 2.86. The molecular weight excluding hydrogens is 522 g/mol. The van der Waals surface area contributed by atoms with E-state index in [9.17, 15) is 24.6 Å². The second-order valence-electron chi connectivity index (χ2n) is 12.1. The van der Waals surface area contributed by atoms with Gasteiger partial charge in [0.25, 0.3) is 0 Å². The Morgan fingerprint density at radius 1 is 0.927 bits per heavy atom. The van der Waals surface area contributed by atoms with Gasteiger partial charge in [-0.15, -0.1) is 0 Å². The molecule has 3 unspecified atom stereocenters. The molecule has 2 aromatic rings. The minimum atomic E-state index is -1.10. The van der Waals surface area contributed by atoms with Crippen LogP contribution in [0.2, 0.25) is 0 Å². The van der Waals surface area contributed by atoms with Gasteiger partial charge in [0.2, 0.25) is 11.8 Å². The molecule has 41 heavy (non-hydrogen) atoms. The minimum Gasteiger partial charge on any atom is -0.508 e. The molecule has 226 valence electrons. The van der Waals surface area contributed by atoms with Crippen molar-refractivity contribution in [3.63, 3.8) is 0 Å². The van der Waals surface area contributed by atoms with Crippen molar-refractivity contribution >= 4 is 17.9 Å². The molecule has 0 aliphatic carbocycles. The van der Waals surface area contributed by atoms with Crippen molar-refractivity contribution in [2.24, 2.45) is 0 Å². The van der Waals surface area contributed by atoms with E-state index in [4.69, 9.17) is 4.74 Å². The molecule has 0 saturated carbocycles. The zero-order valence-corrected chi connectivity index (χ0v) is 25.7. The molecule has 2 rings (SSSR count). The van der Waals surface area contributed by atoms with E-state index in [-0.39, 0.29) is 29.9 Å². The molecular formula is C32H47N3O6. The second-order valence-corrected chi connectivity index (χ2v) is 12.1. The first-order chi connectivity index (χ1) is 19.1. The lowest BCUT2D eigenvalue weighted by atomic mass is 9.91. The van der Waals surface area contributed by atoms with E-state index in [0.29, 0.717) is 17.5 Å². The number of carbonyl (C=O) groups excluding carboxylic acids is 3. The van der Waals surface area contributed by atoms with Crippen molar-refractivity contribution in [2.45, 2.75) is 110 Å². The normalized spacial score (nSPS) is 14.0. The predicted molar refractivity (Wildman–Crippen MR) is 160 cm³/mol. The van der Waals surface area contributed by atoms with Gasteiger partial charge >= 0.3 is 6.09 Å². The lowest BCUT2D eigenvalue weighted by molar-refractivity contribution is -0.149. The van der Waals surface area contributed by atoms with Gasteiger partial charge in [-0.05, 0) is 89.8 Å². The molecule has 4 N–H and O–H groups in total. The Morgan fingerprint density at radius 3 is 2.10 bits per heavy atom. The molecule has 0 aromatic heterocycles. The maximum atomic E-state index is 14.6. The highest BCUT2D eigenvalue weighted by atomic mass is 16.6. The molecule has 3 amide bonds. The van der Waals surface area contributed by atoms with Gasteiger partial charge in [0.05, 0.1) is 0 Å². The quantitative estimate of drug-likeness (QED) is 0.264. The molecule has 0 heterocycles. The molecule has 0 radical (unpaired) electrons. The van der Waals surface area contributed by atoms with E-state index in [1.54, 1.807) is 45.0 Å². The highest BCUT2D eigenvalue weighted by Crippen LogP contribution is 2.34. The van der Waals surface area contributed by atoms with Crippen LogP contribution in [0.4, 0.5) is 4.79 Å². The van der Waals surface area contributed by atoms with Crippen molar-refractivity contribution in [3.8, 4) is 11.5 Å². The number of nitrogens with zero attached hydrogens (tertiary/aromatic N) is 1. The predicted octanol–water partition coefficient (Wildman–Crippen LogP) is 5.60. The molecule has 0 saturated heterocycles. The topological polar surface area (TPSA) is 128 Å².